The number of rotatable bonds is 4. The Kier molecular flexibility index (Phi) is 5.05. The highest BCUT2D eigenvalue weighted by Gasteiger charge is 2.21. The summed E-state index contributed by atoms with van der Waals surface area (Å²) in [5.74, 6) is -1.19. The van der Waals surface area contributed by atoms with Crippen molar-refractivity contribution < 1.29 is 17.6 Å². The average Bonchev–Trinajstić information content (AvgIpc) is 2.27. The van der Waals surface area contributed by atoms with Crippen LogP contribution >= 0.6 is 15.9 Å². The smallest absolute Gasteiger partial charge is 0.252 e. The molecular formula is C11H14BrFN2O3S. The molecule has 1 aromatic carbocycles. The molecule has 5 nitrogen and oxygen atoms in total. The van der Waals surface area contributed by atoms with Crippen molar-refractivity contribution in [2.45, 2.75) is 18.7 Å². The third-order valence-corrected chi connectivity index (χ3v) is 4.28. The highest BCUT2D eigenvalue weighted by molar-refractivity contribution is 9.10. The predicted octanol–water partition coefficient (Wildman–Crippen LogP) is 1.62. The van der Waals surface area contributed by atoms with E-state index in [0.29, 0.717) is 6.54 Å². The lowest BCUT2D eigenvalue weighted by molar-refractivity contribution is 0.0947. The van der Waals surface area contributed by atoms with Crippen LogP contribution in [0.25, 0.3) is 0 Å². The molecule has 8 heteroatoms. The van der Waals surface area contributed by atoms with Crippen molar-refractivity contribution in [3.05, 3.63) is 28.0 Å². The summed E-state index contributed by atoms with van der Waals surface area (Å²) >= 11 is 2.97. The molecule has 0 aliphatic heterocycles. The first-order valence-corrected chi connectivity index (χ1v) is 7.77. The molecule has 0 aromatic heterocycles. The topological polar surface area (TPSA) is 89.3 Å². The van der Waals surface area contributed by atoms with Gasteiger partial charge < -0.3 is 5.32 Å². The van der Waals surface area contributed by atoms with Crippen molar-refractivity contribution in [3.63, 3.8) is 0 Å². The molecule has 0 fully saturated rings. The van der Waals surface area contributed by atoms with Crippen LogP contribution in [0.3, 0.4) is 0 Å². The van der Waals surface area contributed by atoms with Crippen LogP contribution in [0, 0.1) is 11.7 Å². The summed E-state index contributed by atoms with van der Waals surface area (Å²) < 4.78 is 35.9. The Balaban J connectivity index is 3.22. The van der Waals surface area contributed by atoms with Crippen LogP contribution in [0.15, 0.2) is 21.5 Å². The van der Waals surface area contributed by atoms with Gasteiger partial charge in [0.25, 0.3) is 5.91 Å². The molecule has 0 aliphatic rings. The van der Waals surface area contributed by atoms with Crippen molar-refractivity contribution >= 4 is 31.9 Å². The summed E-state index contributed by atoms with van der Waals surface area (Å²) in [6.45, 7) is 4.19. The van der Waals surface area contributed by atoms with Gasteiger partial charge in [-0.2, -0.15) is 0 Å². The standard InChI is InChI=1S/C11H14BrFN2O3S/c1-6(2)5-15-11(16)8-3-7(13)4-9(10(8)12)19(14,17)18/h3-4,6H,5H2,1-2H3,(H,15,16)(H2,14,17,18). The molecule has 1 amide bonds. The van der Waals surface area contributed by atoms with Gasteiger partial charge in [-0.1, -0.05) is 13.8 Å². The molecule has 106 valence electrons. The van der Waals surface area contributed by atoms with Gasteiger partial charge in [0, 0.05) is 6.54 Å². The Labute approximate surface area is 119 Å². The normalized spacial score (nSPS) is 11.7. The molecular weight excluding hydrogens is 339 g/mol. The number of primary sulfonamides is 1. The van der Waals surface area contributed by atoms with Crippen molar-refractivity contribution in [2.75, 3.05) is 6.54 Å². The van der Waals surface area contributed by atoms with E-state index in [1.807, 2.05) is 13.8 Å². The fraction of sp³-hybridized carbons (Fsp3) is 0.364. The molecule has 0 unspecified atom stereocenters. The lowest BCUT2D eigenvalue weighted by atomic mass is 10.2. The van der Waals surface area contributed by atoms with Crippen molar-refractivity contribution in [2.24, 2.45) is 11.1 Å². The van der Waals surface area contributed by atoms with Gasteiger partial charge in [0.2, 0.25) is 10.0 Å². The van der Waals surface area contributed by atoms with Crippen molar-refractivity contribution in [1.82, 2.24) is 5.32 Å². The zero-order chi connectivity index (χ0) is 14.8. The van der Waals surface area contributed by atoms with E-state index in [1.165, 1.54) is 0 Å². The fourth-order valence-corrected chi connectivity index (χ4v) is 3.05. The second kappa shape index (κ2) is 5.98. The lowest BCUT2D eigenvalue weighted by Crippen LogP contribution is -2.28. The Morgan fingerprint density at radius 2 is 2.05 bits per heavy atom. The lowest BCUT2D eigenvalue weighted by Gasteiger charge is -2.11. The zero-order valence-electron chi connectivity index (χ0n) is 10.4. The number of nitrogens with one attached hydrogen (secondary N) is 1. The van der Waals surface area contributed by atoms with Crippen LogP contribution in [0.2, 0.25) is 0 Å². The van der Waals surface area contributed by atoms with Gasteiger partial charge in [-0.25, -0.2) is 17.9 Å². The average molecular weight is 353 g/mol. The van der Waals surface area contributed by atoms with E-state index >= 15 is 0 Å². The van der Waals surface area contributed by atoms with Crippen molar-refractivity contribution in [1.29, 1.82) is 0 Å². The maximum Gasteiger partial charge on any atom is 0.252 e. The molecule has 3 N–H and O–H groups in total. The van der Waals surface area contributed by atoms with Crippen molar-refractivity contribution in [3.8, 4) is 0 Å². The highest BCUT2D eigenvalue weighted by atomic mass is 79.9. The van der Waals surface area contributed by atoms with Gasteiger partial charge in [0.15, 0.2) is 0 Å². The Bertz CT molecular complexity index is 602. The number of carbonyl (C=O) groups is 1. The van der Waals surface area contributed by atoms with E-state index < -0.39 is 26.6 Å². The van der Waals surface area contributed by atoms with Gasteiger partial charge in [0.05, 0.1) is 14.9 Å². The quantitative estimate of drug-likeness (QED) is 0.862. The molecule has 0 heterocycles. The molecule has 0 saturated heterocycles. The second-order valence-corrected chi connectivity index (χ2v) is 6.74. The van der Waals surface area contributed by atoms with Crippen LogP contribution < -0.4 is 10.5 Å². The summed E-state index contributed by atoms with van der Waals surface area (Å²) in [5, 5.41) is 7.54. The minimum absolute atomic E-state index is 0.0438. The summed E-state index contributed by atoms with van der Waals surface area (Å²) in [4.78, 5) is 11.4. The number of sulfonamides is 1. The van der Waals surface area contributed by atoms with E-state index in [1.54, 1.807) is 0 Å². The van der Waals surface area contributed by atoms with Gasteiger partial charge in [-0.15, -0.1) is 0 Å². The van der Waals surface area contributed by atoms with Crippen LogP contribution in [0.1, 0.15) is 24.2 Å². The first-order chi connectivity index (χ1) is 8.62. The highest BCUT2D eigenvalue weighted by Crippen LogP contribution is 2.26. The predicted molar refractivity (Wildman–Crippen MR) is 72.6 cm³/mol. The Morgan fingerprint density at radius 3 is 2.53 bits per heavy atom. The molecule has 1 aromatic rings. The summed E-state index contributed by atoms with van der Waals surface area (Å²) in [7, 11) is -4.11. The largest absolute Gasteiger partial charge is 0.352 e. The number of benzene rings is 1. The molecule has 0 radical (unpaired) electrons. The molecule has 19 heavy (non-hydrogen) atoms. The van der Waals surface area contributed by atoms with Gasteiger partial charge >= 0.3 is 0 Å². The molecule has 0 bridgehead atoms. The maximum absolute atomic E-state index is 13.4. The number of nitrogens with two attached hydrogens (primary N) is 1. The van der Waals surface area contributed by atoms with E-state index in [4.69, 9.17) is 5.14 Å². The third-order valence-electron chi connectivity index (χ3n) is 2.23. The molecule has 0 saturated carbocycles. The van der Waals surface area contributed by atoms with E-state index in [-0.39, 0.29) is 16.0 Å². The third kappa shape index (κ3) is 4.26. The van der Waals surface area contributed by atoms with Gasteiger partial charge in [-0.3, -0.25) is 4.79 Å². The maximum atomic E-state index is 13.4. The second-order valence-electron chi connectivity index (χ2n) is 4.41. The van der Waals surface area contributed by atoms with E-state index in [2.05, 4.69) is 21.2 Å². The first kappa shape index (κ1) is 16.1. The van der Waals surface area contributed by atoms with Crippen LogP contribution in [-0.2, 0) is 10.0 Å². The number of halogens is 2. The summed E-state index contributed by atoms with van der Waals surface area (Å²) in [6, 6.07) is 1.72. The number of hydrogen-bond acceptors (Lipinski definition) is 3. The summed E-state index contributed by atoms with van der Waals surface area (Å²) in [5.41, 5.74) is -0.107. The number of hydrogen-bond donors (Lipinski definition) is 2. The molecule has 0 spiro atoms. The minimum atomic E-state index is -4.11. The molecule has 1 rings (SSSR count). The van der Waals surface area contributed by atoms with Crippen LogP contribution in [0.4, 0.5) is 4.39 Å². The zero-order valence-corrected chi connectivity index (χ0v) is 12.8. The Morgan fingerprint density at radius 1 is 1.47 bits per heavy atom. The number of carbonyl (C=O) groups excluding carboxylic acids is 1. The Hall–Kier alpha value is -0.990. The van der Waals surface area contributed by atoms with Crippen LogP contribution in [0.5, 0.6) is 0 Å². The monoisotopic (exact) mass is 352 g/mol. The SMILES string of the molecule is CC(C)CNC(=O)c1cc(F)cc(S(N)(=O)=O)c1Br. The summed E-state index contributed by atoms with van der Waals surface area (Å²) in [6.07, 6.45) is 0. The first-order valence-electron chi connectivity index (χ1n) is 5.43. The van der Waals surface area contributed by atoms with Crippen LogP contribution in [-0.4, -0.2) is 20.9 Å². The van der Waals surface area contributed by atoms with E-state index in [9.17, 15) is 17.6 Å². The fourth-order valence-electron chi connectivity index (χ4n) is 1.33. The van der Waals surface area contributed by atoms with E-state index in [0.717, 1.165) is 12.1 Å². The van der Waals surface area contributed by atoms with Gasteiger partial charge in [-0.05, 0) is 34.0 Å². The number of amides is 1. The molecule has 0 aliphatic carbocycles. The minimum Gasteiger partial charge on any atom is -0.352 e. The van der Waals surface area contributed by atoms with Gasteiger partial charge in [0.1, 0.15) is 5.82 Å². The molecule has 0 atom stereocenters.